The van der Waals surface area contributed by atoms with Crippen LogP contribution in [0.2, 0.25) is 0 Å². The Balaban J connectivity index is 1.45. The zero-order valence-electron chi connectivity index (χ0n) is 15.8. The van der Waals surface area contributed by atoms with E-state index in [1.54, 1.807) is 12.4 Å². The van der Waals surface area contributed by atoms with Crippen LogP contribution in [0, 0.1) is 6.92 Å². The van der Waals surface area contributed by atoms with E-state index in [0.29, 0.717) is 30.4 Å². The van der Waals surface area contributed by atoms with Gasteiger partial charge in [0.1, 0.15) is 0 Å². The predicted octanol–water partition coefficient (Wildman–Crippen LogP) is 3.02. The topological polar surface area (TPSA) is 101 Å². The average molecular weight is 378 g/mol. The lowest BCUT2D eigenvalue weighted by atomic mass is 9.94. The Morgan fingerprint density at radius 3 is 2.93 bits per heavy atom. The number of aryl methyl sites for hydroxylation is 1. The molecule has 1 fully saturated rings. The fourth-order valence-electron chi connectivity index (χ4n) is 4.35. The van der Waals surface area contributed by atoms with Gasteiger partial charge in [-0.2, -0.15) is 10.1 Å². The van der Waals surface area contributed by atoms with Crippen LogP contribution in [0.5, 0.6) is 0 Å². The molecule has 144 valence electrons. The molecule has 28 heavy (non-hydrogen) atoms. The molecule has 5 rings (SSSR count). The maximum Gasteiger partial charge on any atom is 0.257 e. The molecular formula is C20H22N6O2. The van der Waals surface area contributed by atoms with E-state index in [1.165, 1.54) is 18.4 Å². The second-order valence-electron chi connectivity index (χ2n) is 7.62. The van der Waals surface area contributed by atoms with Crippen LogP contribution in [-0.2, 0) is 13.0 Å². The average Bonchev–Trinajstić information content (AvgIpc) is 3.49. The molecule has 0 aromatic carbocycles. The number of pyridine rings is 1. The summed E-state index contributed by atoms with van der Waals surface area (Å²) in [6.45, 7) is 3.14. The number of nitrogens with one attached hydrogen (secondary N) is 1. The van der Waals surface area contributed by atoms with Crippen LogP contribution in [-0.4, -0.2) is 42.7 Å². The van der Waals surface area contributed by atoms with E-state index in [9.17, 15) is 4.79 Å². The predicted molar refractivity (Wildman–Crippen MR) is 101 cm³/mol. The van der Waals surface area contributed by atoms with E-state index < -0.39 is 0 Å². The summed E-state index contributed by atoms with van der Waals surface area (Å²) in [4.78, 5) is 23.7. The van der Waals surface area contributed by atoms with Gasteiger partial charge >= 0.3 is 0 Å². The first-order chi connectivity index (χ1) is 13.7. The molecule has 4 heterocycles. The number of rotatable bonds is 3. The lowest BCUT2D eigenvalue weighted by Gasteiger charge is -2.29. The quantitative estimate of drug-likeness (QED) is 0.752. The third-order valence-corrected chi connectivity index (χ3v) is 5.86. The van der Waals surface area contributed by atoms with Gasteiger partial charge in [-0.05, 0) is 37.3 Å². The first-order valence-electron chi connectivity index (χ1n) is 9.80. The molecule has 0 unspecified atom stereocenters. The van der Waals surface area contributed by atoms with Crippen LogP contribution in [0.15, 0.2) is 23.1 Å². The van der Waals surface area contributed by atoms with E-state index in [4.69, 9.17) is 9.51 Å². The number of carbonyl (C=O) groups is 1. The van der Waals surface area contributed by atoms with E-state index >= 15 is 0 Å². The standard InChI is InChI=1S/C20H22N6O2/c1-12-17(18-24-19(28-25-18)13-4-2-3-5-13)16-6-7-26(11-15(16)8-21-12)20(27)14-9-22-23-10-14/h8-10,13H,2-7,11H2,1H3,(H,22,23). The Bertz CT molecular complexity index is 1000. The molecule has 0 atom stereocenters. The number of carbonyl (C=O) groups excluding carboxylic acids is 1. The largest absolute Gasteiger partial charge is 0.339 e. The molecule has 1 aliphatic heterocycles. The van der Waals surface area contributed by atoms with Crippen molar-refractivity contribution >= 4 is 5.91 Å². The fourth-order valence-corrected chi connectivity index (χ4v) is 4.35. The first kappa shape index (κ1) is 17.1. The SMILES string of the molecule is Cc1ncc2c(c1-c1noc(C3CCCC3)n1)CCN(C(=O)c1cn[nH]c1)C2. The maximum atomic E-state index is 12.6. The Labute approximate surface area is 162 Å². The van der Waals surface area contributed by atoms with Crippen LogP contribution in [0.1, 0.15) is 64.7 Å². The number of hydrogen-bond acceptors (Lipinski definition) is 6. The highest BCUT2D eigenvalue weighted by atomic mass is 16.5. The highest BCUT2D eigenvalue weighted by molar-refractivity contribution is 5.93. The second-order valence-corrected chi connectivity index (χ2v) is 7.62. The summed E-state index contributed by atoms with van der Waals surface area (Å²) in [6.07, 6.45) is 10.5. The molecule has 0 spiro atoms. The van der Waals surface area contributed by atoms with Gasteiger partial charge in [-0.15, -0.1) is 0 Å². The third kappa shape index (κ3) is 2.89. The molecule has 8 heteroatoms. The summed E-state index contributed by atoms with van der Waals surface area (Å²) < 4.78 is 5.59. The number of aromatic nitrogens is 5. The van der Waals surface area contributed by atoms with Gasteiger partial charge in [0.2, 0.25) is 11.7 Å². The minimum absolute atomic E-state index is 0.0235. The Morgan fingerprint density at radius 2 is 2.14 bits per heavy atom. The van der Waals surface area contributed by atoms with Crippen LogP contribution in [0.25, 0.3) is 11.4 Å². The summed E-state index contributed by atoms with van der Waals surface area (Å²) in [6, 6.07) is 0. The van der Waals surface area contributed by atoms with Crippen molar-refractivity contribution in [2.24, 2.45) is 0 Å². The molecule has 0 bridgehead atoms. The van der Waals surface area contributed by atoms with Gasteiger partial charge in [-0.1, -0.05) is 18.0 Å². The maximum absolute atomic E-state index is 12.6. The van der Waals surface area contributed by atoms with Gasteiger partial charge in [0.05, 0.1) is 11.8 Å². The number of H-pyrrole nitrogens is 1. The van der Waals surface area contributed by atoms with Crippen molar-refractivity contribution in [2.75, 3.05) is 6.54 Å². The van der Waals surface area contributed by atoms with E-state index in [-0.39, 0.29) is 5.91 Å². The Kier molecular flexibility index (Phi) is 4.18. The molecule has 1 N–H and O–H groups in total. The third-order valence-electron chi connectivity index (χ3n) is 5.86. The monoisotopic (exact) mass is 378 g/mol. The molecule has 2 aliphatic rings. The summed E-state index contributed by atoms with van der Waals surface area (Å²) in [5.74, 6) is 1.73. The first-order valence-corrected chi connectivity index (χ1v) is 9.80. The zero-order chi connectivity index (χ0) is 19.1. The van der Waals surface area contributed by atoms with Gasteiger partial charge < -0.3 is 9.42 Å². The molecule has 3 aromatic rings. The number of aromatic amines is 1. The molecule has 0 radical (unpaired) electrons. The van der Waals surface area contributed by atoms with Gasteiger partial charge in [-0.25, -0.2) is 0 Å². The second kappa shape index (κ2) is 6.85. The van der Waals surface area contributed by atoms with Gasteiger partial charge in [0.25, 0.3) is 5.91 Å². The van der Waals surface area contributed by atoms with Crippen molar-refractivity contribution in [3.8, 4) is 11.4 Å². The van der Waals surface area contributed by atoms with Crippen LogP contribution < -0.4 is 0 Å². The molecule has 3 aromatic heterocycles. The molecule has 8 nitrogen and oxygen atoms in total. The van der Waals surface area contributed by atoms with Crippen molar-refractivity contribution in [1.82, 2.24) is 30.2 Å². The summed E-state index contributed by atoms with van der Waals surface area (Å²) >= 11 is 0. The van der Waals surface area contributed by atoms with Gasteiger partial charge in [0, 0.05) is 42.7 Å². The molecule has 1 amide bonds. The highest BCUT2D eigenvalue weighted by Crippen LogP contribution is 2.36. The van der Waals surface area contributed by atoms with E-state index in [0.717, 1.165) is 42.0 Å². The molecular weight excluding hydrogens is 356 g/mol. The van der Waals surface area contributed by atoms with Crippen LogP contribution in [0.4, 0.5) is 0 Å². The number of fused-ring (bicyclic) bond motifs is 1. The molecule has 1 aliphatic carbocycles. The van der Waals surface area contributed by atoms with Crippen molar-refractivity contribution in [3.63, 3.8) is 0 Å². The van der Waals surface area contributed by atoms with Crippen molar-refractivity contribution < 1.29 is 9.32 Å². The van der Waals surface area contributed by atoms with Gasteiger partial charge in [0.15, 0.2) is 0 Å². The Hall–Kier alpha value is -3.03. The van der Waals surface area contributed by atoms with E-state index in [2.05, 4.69) is 20.3 Å². The van der Waals surface area contributed by atoms with Crippen LogP contribution in [0.3, 0.4) is 0 Å². The number of nitrogens with zero attached hydrogens (tertiary/aromatic N) is 5. The molecule has 1 saturated carbocycles. The fraction of sp³-hybridized carbons (Fsp3) is 0.450. The summed E-state index contributed by atoms with van der Waals surface area (Å²) in [7, 11) is 0. The minimum atomic E-state index is -0.0235. The highest BCUT2D eigenvalue weighted by Gasteiger charge is 2.28. The molecule has 0 saturated heterocycles. The number of amides is 1. The van der Waals surface area contributed by atoms with Crippen molar-refractivity contribution in [3.05, 3.63) is 46.9 Å². The van der Waals surface area contributed by atoms with Crippen molar-refractivity contribution in [2.45, 2.75) is 51.5 Å². The van der Waals surface area contributed by atoms with Crippen molar-refractivity contribution in [1.29, 1.82) is 0 Å². The van der Waals surface area contributed by atoms with Gasteiger partial charge in [-0.3, -0.25) is 14.9 Å². The number of hydrogen-bond donors (Lipinski definition) is 1. The minimum Gasteiger partial charge on any atom is -0.339 e. The smallest absolute Gasteiger partial charge is 0.257 e. The normalized spacial score (nSPS) is 17.1. The Morgan fingerprint density at radius 1 is 1.29 bits per heavy atom. The zero-order valence-corrected chi connectivity index (χ0v) is 15.8. The lowest BCUT2D eigenvalue weighted by Crippen LogP contribution is -2.36. The summed E-state index contributed by atoms with van der Waals surface area (Å²) in [5, 5.41) is 10.8. The van der Waals surface area contributed by atoms with E-state index in [1.807, 2.05) is 18.0 Å². The summed E-state index contributed by atoms with van der Waals surface area (Å²) in [5.41, 5.74) is 4.63. The van der Waals surface area contributed by atoms with Crippen LogP contribution >= 0.6 is 0 Å². The lowest BCUT2D eigenvalue weighted by molar-refractivity contribution is 0.0734.